The smallest absolute Gasteiger partial charge is 0.343 e. The summed E-state index contributed by atoms with van der Waals surface area (Å²) in [5.74, 6) is 2.38. The lowest BCUT2D eigenvalue weighted by Gasteiger charge is -2.10. The van der Waals surface area contributed by atoms with Crippen LogP contribution in [0.4, 0.5) is 0 Å². The number of hydrogen-bond donors (Lipinski definition) is 0. The molecular formula is C28H27NO5. The molecule has 0 saturated carbocycles. The number of fused-ring (bicyclic) bond motifs is 1. The lowest BCUT2D eigenvalue weighted by molar-refractivity contribution is 0.0734. The van der Waals surface area contributed by atoms with E-state index in [9.17, 15) is 4.79 Å². The molecule has 0 aliphatic carbocycles. The molecule has 0 aliphatic heterocycles. The van der Waals surface area contributed by atoms with Crippen molar-refractivity contribution in [2.75, 3.05) is 13.2 Å². The van der Waals surface area contributed by atoms with Crippen LogP contribution in [0.1, 0.15) is 30.6 Å². The van der Waals surface area contributed by atoms with E-state index in [1.165, 1.54) is 0 Å². The van der Waals surface area contributed by atoms with E-state index in [0.717, 1.165) is 23.3 Å². The van der Waals surface area contributed by atoms with Crippen LogP contribution in [0.25, 0.3) is 22.6 Å². The molecule has 0 aliphatic rings. The van der Waals surface area contributed by atoms with Crippen LogP contribution < -0.4 is 14.2 Å². The van der Waals surface area contributed by atoms with Gasteiger partial charge in [0.15, 0.2) is 5.58 Å². The highest BCUT2D eigenvalue weighted by molar-refractivity contribution is 5.91. The predicted molar refractivity (Wildman–Crippen MR) is 131 cm³/mol. The fourth-order valence-electron chi connectivity index (χ4n) is 3.15. The predicted octanol–water partition coefficient (Wildman–Crippen LogP) is 6.70. The fraction of sp³-hybridized carbons (Fsp3) is 0.214. The first kappa shape index (κ1) is 23.1. The molecule has 0 amide bonds. The summed E-state index contributed by atoms with van der Waals surface area (Å²) in [5, 5.41) is 0. The number of carbonyl (C=O) groups is 1. The van der Waals surface area contributed by atoms with Crippen LogP contribution in [0.2, 0.25) is 0 Å². The quantitative estimate of drug-likeness (QED) is 0.150. The minimum absolute atomic E-state index is 0.406. The summed E-state index contributed by atoms with van der Waals surface area (Å²) in [5.41, 5.74) is 2.62. The van der Waals surface area contributed by atoms with Gasteiger partial charge in [-0.1, -0.05) is 32.9 Å². The molecule has 6 heteroatoms. The summed E-state index contributed by atoms with van der Waals surface area (Å²) in [4.78, 5) is 17.0. The molecular weight excluding hydrogens is 430 g/mol. The average molecular weight is 458 g/mol. The van der Waals surface area contributed by atoms with Gasteiger partial charge in [0.2, 0.25) is 5.89 Å². The highest BCUT2D eigenvalue weighted by Gasteiger charge is 2.12. The molecule has 0 N–H and O–H groups in total. The van der Waals surface area contributed by atoms with Crippen LogP contribution in [0.15, 0.2) is 83.8 Å². The Balaban J connectivity index is 1.41. The summed E-state index contributed by atoms with van der Waals surface area (Å²) >= 11 is 0. The van der Waals surface area contributed by atoms with Crippen molar-refractivity contribution in [3.8, 4) is 28.7 Å². The molecule has 1 atom stereocenters. The molecule has 4 aromatic rings. The lowest BCUT2D eigenvalue weighted by atomic mass is 10.1. The molecule has 3 aromatic carbocycles. The van der Waals surface area contributed by atoms with Crippen molar-refractivity contribution in [2.24, 2.45) is 5.92 Å². The van der Waals surface area contributed by atoms with Gasteiger partial charge in [-0.3, -0.25) is 0 Å². The van der Waals surface area contributed by atoms with Crippen molar-refractivity contribution >= 4 is 17.1 Å². The normalized spacial score (nSPS) is 11.7. The Hall–Kier alpha value is -4.06. The molecule has 0 radical (unpaired) electrons. The Morgan fingerprint density at radius 2 is 1.71 bits per heavy atom. The monoisotopic (exact) mass is 457 g/mol. The van der Waals surface area contributed by atoms with Crippen LogP contribution in [-0.4, -0.2) is 24.2 Å². The Labute approximate surface area is 198 Å². The lowest BCUT2D eigenvalue weighted by Crippen LogP contribution is -2.08. The van der Waals surface area contributed by atoms with Gasteiger partial charge in [0.05, 0.1) is 12.2 Å². The van der Waals surface area contributed by atoms with Gasteiger partial charge in [0, 0.05) is 11.6 Å². The fourth-order valence-corrected chi connectivity index (χ4v) is 3.15. The Bertz CT molecular complexity index is 1260. The van der Waals surface area contributed by atoms with Crippen LogP contribution in [0.3, 0.4) is 0 Å². The van der Waals surface area contributed by atoms with Crippen LogP contribution in [-0.2, 0) is 0 Å². The van der Waals surface area contributed by atoms with Crippen LogP contribution >= 0.6 is 0 Å². The van der Waals surface area contributed by atoms with Gasteiger partial charge in [0.1, 0.15) is 29.4 Å². The van der Waals surface area contributed by atoms with Crippen molar-refractivity contribution in [1.29, 1.82) is 0 Å². The van der Waals surface area contributed by atoms with E-state index >= 15 is 0 Å². The summed E-state index contributed by atoms with van der Waals surface area (Å²) in [6, 6.07) is 19.4. The third-order valence-corrected chi connectivity index (χ3v) is 5.36. The molecule has 0 fully saturated rings. The summed E-state index contributed by atoms with van der Waals surface area (Å²) in [6.07, 6.45) is 2.73. The zero-order valence-corrected chi connectivity index (χ0v) is 19.3. The number of esters is 1. The van der Waals surface area contributed by atoms with E-state index in [-0.39, 0.29) is 0 Å². The molecule has 0 unspecified atom stereocenters. The van der Waals surface area contributed by atoms with Crippen LogP contribution in [0, 0.1) is 5.92 Å². The first-order valence-corrected chi connectivity index (χ1v) is 11.3. The van der Waals surface area contributed by atoms with Gasteiger partial charge in [-0.25, -0.2) is 9.78 Å². The van der Waals surface area contributed by atoms with Gasteiger partial charge < -0.3 is 18.6 Å². The van der Waals surface area contributed by atoms with E-state index in [1.54, 1.807) is 54.6 Å². The molecule has 1 aromatic heterocycles. The standard InChI is InChI=1S/C28H27NO5/c1-4-16-31-22-10-8-21(9-11-22)28(30)33-23-12-6-20(7-13-23)27-29-25-15-14-24(17-26(25)34-27)32-18-19(3)5-2/h4,6-15,17,19H,1,5,16,18H2,2-3H3/t19-/m0/s1. The molecule has 1 heterocycles. The number of carbonyl (C=O) groups excluding carboxylic acids is 1. The molecule has 0 bridgehead atoms. The molecule has 34 heavy (non-hydrogen) atoms. The highest BCUT2D eigenvalue weighted by atomic mass is 16.5. The number of oxazole rings is 1. The summed E-state index contributed by atoms with van der Waals surface area (Å²) in [7, 11) is 0. The minimum Gasteiger partial charge on any atom is -0.493 e. The third-order valence-electron chi connectivity index (χ3n) is 5.36. The average Bonchev–Trinajstić information content (AvgIpc) is 3.30. The van der Waals surface area contributed by atoms with Crippen molar-refractivity contribution in [3.05, 3.63) is 84.9 Å². The van der Waals surface area contributed by atoms with Gasteiger partial charge in [-0.05, 0) is 66.6 Å². The first-order valence-electron chi connectivity index (χ1n) is 11.3. The second kappa shape index (κ2) is 10.7. The van der Waals surface area contributed by atoms with E-state index in [4.69, 9.17) is 18.6 Å². The number of nitrogens with zero attached hydrogens (tertiary/aromatic N) is 1. The Morgan fingerprint density at radius 3 is 2.41 bits per heavy atom. The van der Waals surface area contributed by atoms with Gasteiger partial charge >= 0.3 is 5.97 Å². The van der Waals surface area contributed by atoms with E-state index in [2.05, 4.69) is 25.4 Å². The number of rotatable bonds is 10. The SMILES string of the molecule is C=CCOc1ccc(C(=O)Oc2ccc(-c3nc4ccc(OC[C@@H](C)CC)cc4o3)cc2)cc1. The number of ether oxygens (including phenoxy) is 3. The second-order valence-electron chi connectivity index (χ2n) is 8.01. The van der Waals surface area contributed by atoms with Gasteiger partial charge in [-0.2, -0.15) is 0 Å². The van der Waals surface area contributed by atoms with Crippen molar-refractivity contribution in [3.63, 3.8) is 0 Å². The van der Waals surface area contributed by atoms with Crippen LogP contribution in [0.5, 0.6) is 17.2 Å². The van der Waals surface area contributed by atoms with Gasteiger partial charge in [-0.15, -0.1) is 0 Å². The topological polar surface area (TPSA) is 70.8 Å². The zero-order valence-electron chi connectivity index (χ0n) is 19.3. The Morgan fingerprint density at radius 1 is 1.00 bits per heavy atom. The number of hydrogen-bond acceptors (Lipinski definition) is 6. The molecule has 6 nitrogen and oxygen atoms in total. The molecule has 4 rings (SSSR count). The summed E-state index contributed by atoms with van der Waals surface area (Å²) in [6.45, 7) is 8.98. The van der Waals surface area contributed by atoms with Crippen molar-refractivity contribution in [1.82, 2.24) is 4.98 Å². The molecule has 0 saturated heterocycles. The maximum atomic E-state index is 12.4. The Kier molecular flexibility index (Phi) is 7.28. The van der Waals surface area contributed by atoms with E-state index in [0.29, 0.717) is 47.7 Å². The van der Waals surface area contributed by atoms with Crippen molar-refractivity contribution < 1.29 is 23.4 Å². The summed E-state index contributed by atoms with van der Waals surface area (Å²) < 4.78 is 22.7. The minimum atomic E-state index is -0.449. The number of aromatic nitrogens is 1. The van der Waals surface area contributed by atoms with E-state index in [1.807, 2.05) is 18.2 Å². The first-order chi connectivity index (χ1) is 16.6. The van der Waals surface area contributed by atoms with Crippen molar-refractivity contribution in [2.45, 2.75) is 20.3 Å². The largest absolute Gasteiger partial charge is 0.493 e. The maximum Gasteiger partial charge on any atom is 0.343 e. The maximum absolute atomic E-state index is 12.4. The third kappa shape index (κ3) is 5.64. The number of benzene rings is 3. The van der Waals surface area contributed by atoms with E-state index < -0.39 is 5.97 Å². The zero-order chi connectivity index (χ0) is 23.9. The second-order valence-corrected chi connectivity index (χ2v) is 8.01. The molecule has 174 valence electrons. The van der Waals surface area contributed by atoms with Gasteiger partial charge in [0.25, 0.3) is 0 Å². The highest BCUT2D eigenvalue weighted by Crippen LogP contribution is 2.28. The molecule has 0 spiro atoms.